The second kappa shape index (κ2) is 9.28. The van der Waals surface area contributed by atoms with Crippen LogP contribution in [0.25, 0.3) is 0 Å². The maximum absolute atomic E-state index is 13.4. The summed E-state index contributed by atoms with van der Waals surface area (Å²) in [6, 6.07) is 5.88. The molecule has 1 aliphatic rings. The lowest BCUT2D eigenvalue weighted by atomic mass is 9.78. The Kier molecular flexibility index (Phi) is 7.01. The first-order chi connectivity index (χ1) is 15.4. The molecule has 2 aromatic rings. The minimum atomic E-state index is -5.05. The molecule has 4 nitrogen and oxygen atoms in total. The zero-order chi connectivity index (χ0) is 24.6. The molecule has 11 heteroatoms. The fraction of sp³-hybridized carbons (Fsp3) is 0.364. The monoisotopic (exact) mass is 490 g/mol. The molecule has 2 unspecified atom stereocenters. The quantitative estimate of drug-likeness (QED) is 0.468. The third-order valence-corrected chi connectivity index (χ3v) is 6.03. The van der Waals surface area contributed by atoms with Crippen molar-refractivity contribution in [3.63, 3.8) is 0 Å². The summed E-state index contributed by atoms with van der Waals surface area (Å²) in [6.07, 6.45) is -8.29. The first kappa shape index (κ1) is 24.9. The lowest BCUT2D eigenvalue weighted by Crippen LogP contribution is -2.46. The van der Waals surface area contributed by atoms with Crippen LogP contribution in [0.3, 0.4) is 0 Å². The van der Waals surface area contributed by atoms with E-state index in [9.17, 15) is 35.9 Å². The van der Waals surface area contributed by atoms with E-state index in [1.54, 1.807) is 12.1 Å². The Labute approximate surface area is 190 Å². The standard InChI is InChI=1S/C22H20F6N2O2S/c1-30-18(12-9-13(21(23,24)25)11-14(10-12)22(26,27)28)17(19(31)29-7-8-33-2)15-5-3-4-6-16(15)20(30)32/h3-6,9-11,17-18H,7-8H2,1-2H3,(H,29,31). The van der Waals surface area contributed by atoms with Gasteiger partial charge in [0.1, 0.15) is 0 Å². The highest BCUT2D eigenvalue weighted by Gasteiger charge is 2.45. The maximum atomic E-state index is 13.4. The van der Waals surface area contributed by atoms with E-state index in [0.717, 1.165) is 4.90 Å². The first-order valence-corrected chi connectivity index (χ1v) is 11.2. The van der Waals surface area contributed by atoms with Gasteiger partial charge in [-0.1, -0.05) is 18.2 Å². The number of carbonyl (C=O) groups is 2. The van der Waals surface area contributed by atoms with E-state index >= 15 is 0 Å². The van der Waals surface area contributed by atoms with Gasteiger partial charge in [0.05, 0.1) is 23.1 Å². The molecule has 0 bridgehead atoms. The Morgan fingerprint density at radius 3 is 2.15 bits per heavy atom. The Balaban J connectivity index is 2.22. The van der Waals surface area contributed by atoms with E-state index in [-0.39, 0.29) is 23.7 Å². The molecule has 0 saturated heterocycles. The lowest BCUT2D eigenvalue weighted by Gasteiger charge is -2.40. The van der Waals surface area contributed by atoms with Crippen molar-refractivity contribution < 1.29 is 35.9 Å². The van der Waals surface area contributed by atoms with Gasteiger partial charge < -0.3 is 10.2 Å². The number of hydrogen-bond donors (Lipinski definition) is 1. The number of nitrogens with one attached hydrogen (secondary N) is 1. The molecule has 3 rings (SSSR count). The van der Waals surface area contributed by atoms with Crippen molar-refractivity contribution in [2.24, 2.45) is 0 Å². The molecular weight excluding hydrogens is 470 g/mol. The van der Waals surface area contributed by atoms with Crippen LogP contribution in [-0.4, -0.2) is 42.3 Å². The van der Waals surface area contributed by atoms with Crippen LogP contribution in [0.1, 0.15) is 44.6 Å². The molecule has 2 atom stereocenters. The number of amides is 2. The zero-order valence-electron chi connectivity index (χ0n) is 17.6. The first-order valence-electron chi connectivity index (χ1n) is 9.78. The van der Waals surface area contributed by atoms with Gasteiger partial charge in [-0.05, 0) is 41.6 Å². The van der Waals surface area contributed by atoms with E-state index in [2.05, 4.69) is 5.32 Å². The van der Waals surface area contributed by atoms with E-state index in [1.807, 2.05) is 6.26 Å². The highest BCUT2D eigenvalue weighted by molar-refractivity contribution is 7.98. The Bertz CT molecular complexity index is 1020. The topological polar surface area (TPSA) is 49.4 Å². The van der Waals surface area contributed by atoms with Crippen LogP contribution in [0, 0.1) is 0 Å². The fourth-order valence-corrected chi connectivity index (χ4v) is 4.22. The van der Waals surface area contributed by atoms with Gasteiger partial charge in [-0.2, -0.15) is 38.1 Å². The van der Waals surface area contributed by atoms with Gasteiger partial charge in [-0.15, -0.1) is 0 Å². The third kappa shape index (κ3) is 5.13. The molecule has 1 heterocycles. The maximum Gasteiger partial charge on any atom is 0.416 e. The molecule has 0 spiro atoms. The number of fused-ring (bicyclic) bond motifs is 1. The molecule has 178 valence electrons. The van der Waals surface area contributed by atoms with E-state index in [4.69, 9.17) is 0 Å². The van der Waals surface area contributed by atoms with Gasteiger partial charge in [0.15, 0.2) is 0 Å². The fourth-order valence-electron chi connectivity index (χ4n) is 3.91. The Morgan fingerprint density at radius 2 is 1.61 bits per heavy atom. The van der Waals surface area contributed by atoms with Crippen molar-refractivity contribution >= 4 is 23.6 Å². The van der Waals surface area contributed by atoms with Crippen molar-refractivity contribution in [1.29, 1.82) is 0 Å². The second-order valence-corrected chi connectivity index (χ2v) is 8.53. The van der Waals surface area contributed by atoms with Crippen molar-refractivity contribution in [2.45, 2.75) is 24.3 Å². The van der Waals surface area contributed by atoms with Crippen molar-refractivity contribution in [2.75, 3.05) is 25.6 Å². The van der Waals surface area contributed by atoms with Crippen LogP contribution in [-0.2, 0) is 17.1 Å². The summed E-state index contributed by atoms with van der Waals surface area (Å²) in [5, 5.41) is 2.68. The van der Waals surface area contributed by atoms with Crippen molar-refractivity contribution in [1.82, 2.24) is 10.2 Å². The number of benzene rings is 2. The highest BCUT2D eigenvalue weighted by Crippen LogP contribution is 2.45. The zero-order valence-corrected chi connectivity index (χ0v) is 18.4. The van der Waals surface area contributed by atoms with Crippen molar-refractivity contribution in [3.05, 3.63) is 70.3 Å². The van der Waals surface area contributed by atoms with Crippen LogP contribution < -0.4 is 5.32 Å². The number of thioether (sulfide) groups is 1. The number of alkyl halides is 6. The Hall–Kier alpha value is -2.69. The molecule has 0 fully saturated rings. The summed E-state index contributed by atoms with van der Waals surface area (Å²) in [6.45, 7) is 0.249. The van der Waals surface area contributed by atoms with Gasteiger partial charge in [0.25, 0.3) is 5.91 Å². The largest absolute Gasteiger partial charge is 0.416 e. The SMILES string of the molecule is CSCCNC(=O)C1c2ccccc2C(=O)N(C)C1c1cc(C(F)(F)F)cc(C(F)(F)F)c1. The average molecular weight is 490 g/mol. The summed E-state index contributed by atoms with van der Waals surface area (Å²) in [4.78, 5) is 27.1. The molecule has 1 aliphatic heterocycles. The number of rotatable bonds is 5. The summed E-state index contributed by atoms with van der Waals surface area (Å²) in [7, 11) is 1.26. The average Bonchev–Trinajstić information content (AvgIpc) is 2.74. The molecule has 0 saturated carbocycles. The van der Waals surface area contributed by atoms with Gasteiger partial charge >= 0.3 is 12.4 Å². The van der Waals surface area contributed by atoms with Crippen LogP contribution in [0.4, 0.5) is 26.3 Å². The van der Waals surface area contributed by atoms with Gasteiger partial charge in [-0.3, -0.25) is 9.59 Å². The summed E-state index contributed by atoms with van der Waals surface area (Å²) in [5.41, 5.74) is -3.02. The number of halogens is 6. The molecule has 33 heavy (non-hydrogen) atoms. The highest BCUT2D eigenvalue weighted by atomic mass is 32.2. The van der Waals surface area contributed by atoms with Crippen LogP contribution >= 0.6 is 11.8 Å². The second-order valence-electron chi connectivity index (χ2n) is 7.55. The molecule has 2 amide bonds. The molecule has 1 N–H and O–H groups in total. The number of carbonyl (C=O) groups excluding carboxylic acids is 2. The molecule has 0 aliphatic carbocycles. The lowest BCUT2D eigenvalue weighted by molar-refractivity contribution is -0.143. The van der Waals surface area contributed by atoms with Crippen LogP contribution in [0.5, 0.6) is 0 Å². The van der Waals surface area contributed by atoms with Gasteiger partial charge in [0, 0.05) is 24.9 Å². The Morgan fingerprint density at radius 1 is 1.03 bits per heavy atom. The normalized spacial score (nSPS) is 18.8. The van der Waals surface area contributed by atoms with E-state index in [0.29, 0.717) is 17.9 Å². The predicted octanol–water partition coefficient (Wildman–Crippen LogP) is 5.11. The summed E-state index contributed by atoms with van der Waals surface area (Å²) in [5.74, 6) is -1.83. The smallest absolute Gasteiger partial charge is 0.355 e. The number of nitrogens with zero attached hydrogens (tertiary/aromatic N) is 1. The summed E-state index contributed by atoms with van der Waals surface area (Å²) < 4.78 is 80.7. The minimum Gasteiger partial charge on any atom is -0.355 e. The van der Waals surface area contributed by atoms with E-state index in [1.165, 1.54) is 30.9 Å². The number of hydrogen-bond acceptors (Lipinski definition) is 3. The van der Waals surface area contributed by atoms with E-state index < -0.39 is 52.8 Å². The van der Waals surface area contributed by atoms with Gasteiger partial charge in [0.2, 0.25) is 5.91 Å². The number of likely N-dealkylation sites (N-methyl/N-ethyl adjacent to an activating group) is 1. The molecule has 2 aromatic carbocycles. The van der Waals surface area contributed by atoms with Crippen LogP contribution in [0.15, 0.2) is 42.5 Å². The summed E-state index contributed by atoms with van der Waals surface area (Å²) >= 11 is 1.45. The predicted molar refractivity (Wildman–Crippen MR) is 112 cm³/mol. The molecule has 0 aromatic heterocycles. The molecular formula is C22H20F6N2O2S. The van der Waals surface area contributed by atoms with Crippen LogP contribution in [0.2, 0.25) is 0 Å². The van der Waals surface area contributed by atoms with Gasteiger partial charge in [-0.25, -0.2) is 0 Å². The third-order valence-electron chi connectivity index (χ3n) is 5.42. The minimum absolute atomic E-state index is 0.0235. The molecule has 0 radical (unpaired) electrons. The van der Waals surface area contributed by atoms with Crippen molar-refractivity contribution in [3.8, 4) is 0 Å².